The van der Waals surface area contributed by atoms with Crippen molar-refractivity contribution in [2.24, 2.45) is 0 Å². The van der Waals surface area contributed by atoms with Gasteiger partial charge >= 0.3 is 0 Å². The monoisotopic (exact) mass is 292 g/mol. The molecule has 5 nitrogen and oxygen atoms in total. The summed E-state index contributed by atoms with van der Waals surface area (Å²) in [5.41, 5.74) is 3.23. The first kappa shape index (κ1) is 15.9. The van der Waals surface area contributed by atoms with Crippen LogP contribution in [0.3, 0.4) is 0 Å². The van der Waals surface area contributed by atoms with Crippen LogP contribution in [0.25, 0.3) is 0 Å². The molecule has 5 heteroatoms. The molecular weight excluding hydrogens is 268 g/mol. The molecule has 0 saturated heterocycles. The molecule has 1 aromatic rings. The second kappa shape index (κ2) is 8.77. The second-order valence-corrected chi connectivity index (χ2v) is 5.08. The highest BCUT2D eigenvalue weighted by Crippen LogP contribution is 2.18. The summed E-state index contributed by atoms with van der Waals surface area (Å²) in [7, 11) is 1.65. The van der Waals surface area contributed by atoms with E-state index < -0.39 is 0 Å². The summed E-state index contributed by atoms with van der Waals surface area (Å²) in [5.74, 6) is 0.0191. The van der Waals surface area contributed by atoms with Crippen molar-refractivity contribution in [3.63, 3.8) is 0 Å². The number of rotatable bonds is 8. The van der Waals surface area contributed by atoms with Gasteiger partial charge in [0.05, 0.1) is 13.2 Å². The second-order valence-electron chi connectivity index (χ2n) is 5.08. The van der Waals surface area contributed by atoms with Crippen LogP contribution in [0.1, 0.15) is 27.9 Å². The van der Waals surface area contributed by atoms with Crippen molar-refractivity contribution in [1.29, 1.82) is 0 Å². The molecular formula is C16H24N2O3. The zero-order valence-corrected chi connectivity index (χ0v) is 12.6. The van der Waals surface area contributed by atoms with E-state index in [0.29, 0.717) is 26.4 Å². The third-order valence-corrected chi connectivity index (χ3v) is 3.57. The van der Waals surface area contributed by atoms with Gasteiger partial charge in [-0.05, 0) is 36.6 Å². The summed E-state index contributed by atoms with van der Waals surface area (Å²) in [5, 5.41) is 6.29. The molecule has 2 N–H and O–H groups in total. The zero-order valence-electron chi connectivity index (χ0n) is 12.6. The van der Waals surface area contributed by atoms with E-state index in [-0.39, 0.29) is 5.91 Å². The van der Waals surface area contributed by atoms with Crippen molar-refractivity contribution in [2.45, 2.75) is 19.4 Å². The highest BCUT2D eigenvalue weighted by Gasteiger charge is 2.16. The van der Waals surface area contributed by atoms with Crippen LogP contribution in [0.5, 0.6) is 0 Å². The third kappa shape index (κ3) is 4.81. The van der Waals surface area contributed by atoms with Crippen LogP contribution in [-0.2, 0) is 22.4 Å². The molecule has 0 atom stereocenters. The summed E-state index contributed by atoms with van der Waals surface area (Å²) >= 11 is 0. The molecule has 1 aliphatic rings. The standard InChI is InChI=1S/C16H24N2O3/c1-20-10-11-21-9-3-7-18-16(19)15-5-2-4-13-12-17-8-6-14(13)15/h2,4-5,17H,3,6-12H2,1H3,(H,18,19). The molecule has 0 spiro atoms. The number of ether oxygens (including phenoxy) is 2. The summed E-state index contributed by atoms with van der Waals surface area (Å²) in [4.78, 5) is 12.3. The minimum absolute atomic E-state index is 0.0191. The Morgan fingerprint density at radius 1 is 1.33 bits per heavy atom. The van der Waals surface area contributed by atoms with Gasteiger partial charge in [0.25, 0.3) is 5.91 Å². The average molecular weight is 292 g/mol. The van der Waals surface area contributed by atoms with E-state index in [1.54, 1.807) is 7.11 Å². The molecule has 1 amide bonds. The maximum absolute atomic E-state index is 12.3. The van der Waals surface area contributed by atoms with E-state index >= 15 is 0 Å². The lowest BCUT2D eigenvalue weighted by molar-refractivity contribution is 0.0688. The lowest BCUT2D eigenvalue weighted by atomic mass is 9.95. The Kier molecular flexibility index (Phi) is 6.66. The summed E-state index contributed by atoms with van der Waals surface area (Å²) < 4.78 is 10.3. The van der Waals surface area contributed by atoms with Gasteiger partial charge in [-0.3, -0.25) is 4.79 Å². The van der Waals surface area contributed by atoms with Crippen molar-refractivity contribution in [3.8, 4) is 0 Å². The van der Waals surface area contributed by atoms with Gasteiger partial charge in [-0.15, -0.1) is 0 Å². The fourth-order valence-corrected chi connectivity index (χ4v) is 2.46. The van der Waals surface area contributed by atoms with Crippen molar-refractivity contribution in [2.75, 3.05) is 40.0 Å². The number of benzene rings is 1. The number of nitrogens with one attached hydrogen (secondary N) is 2. The first-order valence-corrected chi connectivity index (χ1v) is 7.49. The maximum atomic E-state index is 12.3. The smallest absolute Gasteiger partial charge is 0.251 e. The van der Waals surface area contributed by atoms with Crippen LogP contribution in [-0.4, -0.2) is 45.9 Å². The van der Waals surface area contributed by atoms with Gasteiger partial charge in [0.2, 0.25) is 0 Å². The van der Waals surface area contributed by atoms with Gasteiger partial charge in [0.15, 0.2) is 0 Å². The van der Waals surface area contributed by atoms with Crippen molar-refractivity contribution in [1.82, 2.24) is 10.6 Å². The summed E-state index contributed by atoms with van der Waals surface area (Å²) in [6.07, 6.45) is 1.73. The molecule has 0 saturated carbocycles. The first-order chi connectivity index (χ1) is 10.3. The zero-order chi connectivity index (χ0) is 14.9. The molecule has 1 aliphatic heterocycles. The number of carbonyl (C=O) groups excluding carboxylic acids is 1. The highest BCUT2D eigenvalue weighted by molar-refractivity contribution is 5.96. The Morgan fingerprint density at radius 2 is 2.24 bits per heavy atom. The SMILES string of the molecule is COCCOCCCNC(=O)c1cccc2c1CCNC2. The number of fused-ring (bicyclic) bond motifs is 1. The molecule has 116 valence electrons. The molecule has 1 aromatic carbocycles. The Morgan fingerprint density at radius 3 is 3.10 bits per heavy atom. The van der Waals surface area contributed by atoms with Crippen LogP contribution in [0.2, 0.25) is 0 Å². The van der Waals surface area contributed by atoms with Crippen molar-refractivity contribution < 1.29 is 14.3 Å². The van der Waals surface area contributed by atoms with Gasteiger partial charge in [0, 0.05) is 32.4 Å². The van der Waals surface area contributed by atoms with Crippen LogP contribution in [0, 0.1) is 0 Å². The van der Waals surface area contributed by atoms with E-state index in [9.17, 15) is 4.79 Å². The van der Waals surface area contributed by atoms with Crippen molar-refractivity contribution >= 4 is 5.91 Å². The van der Waals surface area contributed by atoms with Gasteiger partial charge < -0.3 is 20.1 Å². The highest BCUT2D eigenvalue weighted by atomic mass is 16.5. The topological polar surface area (TPSA) is 59.6 Å². The van der Waals surface area contributed by atoms with E-state index in [1.807, 2.05) is 12.1 Å². The van der Waals surface area contributed by atoms with E-state index in [4.69, 9.17) is 9.47 Å². The van der Waals surface area contributed by atoms with E-state index in [2.05, 4.69) is 16.7 Å². The number of hydrogen-bond acceptors (Lipinski definition) is 4. The fraction of sp³-hybridized carbons (Fsp3) is 0.562. The molecule has 0 aromatic heterocycles. The van der Waals surface area contributed by atoms with Gasteiger partial charge in [-0.1, -0.05) is 12.1 Å². The van der Waals surface area contributed by atoms with Crippen LogP contribution >= 0.6 is 0 Å². The van der Waals surface area contributed by atoms with Crippen molar-refractivity contribution in [3.05, 3.63) is 34.9 Å². The Bertz CT molecular complexity index is 463. The molecule has 0 aliphatic carbocycles. The number of methoxy groups -OCH3 is 1. The molecule has 1 heterocycles. The minimum atomic E-state index is 0.0191. The first-order valence-electron chi connectivity index (χ1n) is 7.49. The van der Waals surface area contributed by atoms with Crippen LogP contribution in [0.4, 0.5) is 0 Å². The number of amides is 1. The lowest BCUT2D eigenvalue weighted by Crippen LogP contribution is -2.30. The minimum Gasteiger partial charge on any atom is -0.382 e. The van der Waals surface area contributed by atoms with E-state index in [0.717, 1.165) is 31.5 Å². The Labute approximate surface area is 126 Å². The predicted octanol–water partition coefficient (Wildman–Crippen LogP) is 1.12. The quantitative estimate of drug-likeness (QED) is 0.705. The molecule has 0 radical (unpaired) electrons. The molecule has 21 heavy (non-hydrogen) atoms. The largest absolute Gasteiger partial charge is 0.382 e. The maximum Gasteiger partial charge on any atom is 0.251 e. The fourth-order valence-electron chi connectivity index (χ4n) is 2.46. The molecule has 0 unspecified atom stereocenters. The van der Waals surface area contributed by atoms with Crippen LogP contribution in [0.15, 0.2) is 18.2 Å². The summed E-state index contributed by atoms with van der Waals surface area (Å²) in [6, 6.07) is 5.95. The summed E-state index contributed by atoms with van der Waals surface area (Å²) in [6.45, 7) is 4.27. The van der Waals surface area contributed by atoms with Gasteiger partial charge in [-0.2, -0.15) is 0 Å². The molecule has 0 bridgehead atoms. The molecule has 0 fully saturated rings. The third-order valence-electron chi connectivity index (χ3n) is 3.57. The van der Waals surface area contributed by atoms with Crippen LogP contribution < -0.4 is 10.6 Å². The predicted molar refractivity (Wildman–Crippen MR) is 81.5 cm³/mol. The van der Waals surface area contributed by atoms with Gasteiger partial charge in [-0.25, -0.2) is 0 Å². The number of hydrogen-bond donors (Lipinski definition) is 2. The van der Waals surface area contributed by atoms with Gasteiger partial charge in [0.1, 0.15) is 0 Å². The normalized spacial score (nSPS) is 13.8. The lowest BCUT2D eigenvalue weighted by Gasteiger charge is -2.19. The molecule has 2 rings (SSSR count). The average Bonchev–Trinajstić information content (AvgIpc) is 2.53. The Hall–Kier alpha value is -1.43. The Balaban J connectivity index is 1.76. The number of carbonyl (C=O) groups is 1. The van der Waals surface area contributed by atoms with E-state index in [1.165, 1.54) is 11.1 Å².